The maximum Gasteiger partial charge on any atom is 0.335 e. The number of carbonyl (C=O) groups is 2. The van der Waals surface area contributed by atoms with Gasteiger partial charge in [0.15, 0.2) is 0 Å². The third-order valence-corrected chi connectivity index (χ3v) is 7.69. The Labute approximate surface area is 253 Å². The van der Waals surface area contributed by atoms with E-state index >= 15 is 0 Å². The third kappa shape index (κ3) is 5.99. The molecule has 7 heteroatoms. The van der Waals surface area contributed by atoms with Crippen LogP contribution in [0.15, 0.2) is 121 Å². The van der Waals surface area contributed by atoms with Crippen molar-refractivity contribution in [1.29, 1.82) is 0 Å². The van der Waals surface area contributed by atoms with Crippen LogP contribution in [0.5, 0.6) is 0 Å². The summed E-state index contributed by atoms with van der Waals surface area (Å²) in [5.41, 5.74) is 5.96. The molecule has 1 amide bonds. The average Bonchev–Trinajstić information content (AvgIpc) is 3.43. The van der Waals surface area contributed by atoms with E-state index in [2.05, 4.69) is 29.6 Å². The van der Waals surface area contributed by atoms with Crippen molar-refractivity contribution in [2.45, 2.75) is 19.5 Å². The van der Waals surface area contributed by atoms with Crippen LogP contribution < -0.4 is 5.32 Å². The molecule has 6 aromatic rings. The van der Waals surface area contributed by atoms with Gasteiger partial charge >= 0.3 is 5.97 Å². The van der Waals surface area contributed by atoms with Crippen LogP contribution in [0.2, 0.25) is 0 Å². The summed E-state index contributed by atoms with van der Waals surface area (Å²) in [5, 5.41) is 13.0. The van der Waals surface area contributed by atoms with Crippen LogP contribution in [0.4, 0.5) is 8.78 Å². The standard InChI is InChI=1S/C37H28F2N2O3/c1-23(25-10-12-27(13-11-25)37(43)44)40-36(42)34-20-30(31-18-32(38)21-33(39)19-31)17-29-14-15-41(35(29)34)22-24-6-5-9-28(16-24)26-7-3-2-4-8-26/h2-21,23H,22H2,1H3,(H,40,42)(H,43,44)/t23-/m0/s1. The topological polar surface area (TPSA) is 71.3 Å². The highest BCUT2D eigenvalue weighted by Crippen LogP contribution is 2.31. The first-order valence-electron chi connectivity index (χ1n) is 14.1. The number of rotatable bonds is 8. The fourth-order valence-corrected chi connectivity index (χ4v) is 5.49. The SMILES string of the molecule is C[C@H](NC(=O)c1cc(-c2cc(F)cc(F)c2)cc2ccn(Cc3cccc(-c4ccccc4)c3)c12)c1ccc(C(=O)O)cc1. The lowest BCUT2D eigenvalue weighted by Crippen LogP contribution is -2.27. The Morgan fingerprint density at radius 3 is 2.14 bits per heavy atom. The monoisotopic (exact) mass is 586 g/mol. The molecular weight excluding hydrogens is 558 g/mol. The molecule has 0 aliphatic carbocycles. The number of fused-ring (bicyclic) bond motifs is 1. The van der Waals surface area contributed by atoms with Crippen molar-refractivity contribution in [3.05, 3.63) is 155 Å². The molecule has 1 aromatic heterocycles. The zero-order valence-corrected chi connectivity index (χ0v) is 23.8. The Bertz CT molecular complexity index is 1980. The number of benzene rings is 5. The number of nitrogens with zero attached hydrogens (tertiary/aromatic N) is 1. The third-order valence-electron chi connectivity index (χ3n) is 7.69. The zero-order valence-electron chi connectivity index (χ0n) is 23.8. The number of aromatic nitrogens is 1. The highest BCUT2D eigenvalue weighted by atomic mass is 19.1. The summed E-state index contributed by atoms with van der Waals surface area (Å²) in [6.45, 7) is 2.30. The van der Waals surface area contributed by atoms with Gasteiger partial charge < -0.3 is 15.0 Å². The van der Waals surface area contributed by atoms with E-state index in [1.165, 1.54) is 24.3 Å². The van der Waals surface area contributed by atoms with Crippen molar-refractivity contribution in [3.63, 3.8) is 0 Å². The van der Waals surface area contributed by atoms with Crippen molar-refractivity contribution in [2.24, 2.45) is 0 Å². The predicted octanol–water partition coefficient (Wildman–Crippen LogP) is 8.49. The van der Waals surface area contributed by atoms with Gasteiger partial charge in [-0.1, -0.05) is 60.7 Å². The lowest BCUT2D eigenvalue weighted by molar-refractivity contribution is 0.0696. The van der Waals surface area contributed by atoms with Gasteiger partial charge in [-0.2, -0.15) is 0 Å². The molecule has 0 aliphatic rings. The Hall–Kier alpha value is -5.56. The van der Waals surface area contributed by atoms with Crippen LogP contribution in [-0.2, 0) is 6.54 Å². The fourth-order valence-electron chi connectivity index (χ4n) is 5.49. The van der Waals surface area contributed by atoms with E-state index in [1.54, 1.807) is 18.2 Å². The van der Waals surface area contributed by atoms with Crippen LogP contribution >= 0.6 is 0 Å². The van der Waals surface area contributed by atoms with Gasteiger partial charge in [-0.25, -0.2) is 13.6 Å². The number of carboxylic acids is 1. The second-order valence-corrected chi connectivity index (χ2v) is 10.8. The predicted molar refractivity (Wildman–Crippen MR) is 168 cm³/mol. The first kappa shape index (κ1) is 28.6. The van der Waals surface area contributed by atoms with Crippen molar-refractivity contribution in [1.82, 2.24) is 9.88 Å². The van der Waals surface area contributed by atoms with Gasteiger partial charge in [0, 0.05) is 24.2 Å². The molecule has 0 radical (unpaired) electrons. The maximum atomic E-state index is 14.2. The molecule has 1 atom stereocenters. The molecule has 1 heterocycles. The second-order valence-electron chi connectivity index (χ2n) is 10.8. The largest absolute Gasteiger partial charge is 0.478 e. The van der Waals surface area contributed by atoms with Crippen molar-refractivity contribution < 1.29 is 23.5 Å². The summed E-state index contributed by atoms with van der Waals surface area (Å²) in [7, 11) is 0. The molecule has 0 spiro atoms. The average molecular weight is 587 g/mol. The minimum absolute atomic E-state index is 0.151. The fraction of sp³-hybridized carbons (Fsp3) is 0.0811. The van der Waals surface area contributed by atoms with E-state index in [9.17, 15) is 23.5 Å². The summed E-state index contributed by atoms with van der Waals surface area (Å²) in [6.07, 6.45) is 1.90. The first-order chi connectivity index (χ1) is 21.2. The van der Waals surface area contributed by atoms with Crippen molar-refractivity contribution >= 4 is 22.8 Å². The molecule has 0 unspecified atom stereocenters. The smallest absolute Gasteiger partial charge is 0.335 e. The van der Waals surface area contributed by atoms with E-state index in [1.807, 2.05) is 60.2 Å². The molecule has 5 aromatic carbocycles. The highest BCUT2D eigenvalue weighted by Gasteiger charge is 2.20. The Balaban J connectivity index is 1.40. The molecule has 0 saturated heterocycles. The van der Waals surface area contributed by atoms with Crippen LogP contribution in [0.25, 0.3) is 33.2 Å². The normalized spacial score (nSPS) is 11.8. The number of hydrogen-bond donors (Lipinski definition) is 2. The minimum atomic E-state index is -1.03. The van der Waals surface area contributed by atoms with Gasteiger partial charge in [-0.15, -0.1) is 0 Å². The molecular formula is C37H28F2N2O3. The molecule has 2 N–H and O–H groups in total. The summed E-state index contributed by atoms with van der Waals surface area (Å²) in [4.78, 5) is 25.2. The summed E-state index contributed by atoms with van der Waals surface area (Å²) in [5.74, 6) is -2.82. The Morgan fingerprint density at radius 2 is 1.43 bits per heavy atom. The molecule has 0 fully saturated rings. The lowest BCUT2D eigenvalue weighted by Gasteiger charge is -2.17. The Morgan fingerprint density at radius 1 is 0.750 bits per heavy atom. The number of halogens is 2. The van der Waals surface area contributed by atoms with Crippen LogP contribution in [0.3, 0.4) is 0 Å². The first-order valence-corrected chi connectivity index (χ1v) is 14.1. The molecule has 44 heavy (non-hydrogen) atoms. The van der Waals surface area contributed by atoms with E-state index in [-0.39, 0.29) is 11.5 Å². The van der Waals surface area contributed by atoms with E-state index < -0.39 is 23.6 Å². The number of amides is 1. The second kappa shape index (κ2) is 12.0. The Kier molecular flexibility index (Phi) is 7.77. The van der Waals surface area contributed by atoms with Gasteiger partial charge in [0.2, 0.25) is 0 Å². The molecule has 0 saturated carbocycles. The quantitative estimate of drug-likeness (QED) is 0.188. The van der Waals surface area contributed by atoms with Gasteiger partial charge in [0.1, 0.15) is 11.6 Å². The van der Waals surface area contributed by atoms with Gasteiger partial charge in [-0.3, -0.25) is 4.79 Å². The summed E-state index contributed by atoms with van der Waals surface area (Å²) < 4.78 is 30.3. The van der Waals surface area contributed by atoms with E-state index in [0.29, 0.717) is 28.8 Å². The number of carboxylic acid groups (broad SMARTS) is 1. The highest BCUT2D eigenvalue weighted by molar-refractivity contribution is 6.08. The van der Waals surface area contributed by atoms with E-state index in [4.69, 9.17) is 0 Å². The van der Waals surface area contributed by atoms with Crippen LogP contribution in [0, 0.1) is 11.6 Å². The zero-order chi connectivity index (χ0) is 30.8. The van der Waals surface area contributed by atoms with Crippen molar-refractivity contribution in [3.8, 4) is 22.3 Å². The van der Waals surface area contributed by atoms with Crippen LogP contribution in [0.1, 0.15) is 44.8 Å². The minimum Gasteiger partial charge on any atom is -0.478 e. The number of hydrogen-bond acceptors (Lipinski definition) is 2. The number of carbonyl (C=O) groups excluding carboxylic acids is 1. The van der Waals surface area contributed by atoms with E-state index in [0.717, 1.165) is 33.7 Å². The summed E-state index contributed by atoms with van der Waals surface area (Å²) >= 11 is 0. The molecule has 5 nitrogen and oxygen atoms in total. The molecule has 218 valence electrons. The number of aromatic carboxylic acids is 1. The van der Waals surface area contributed by atoms with Gasteiger partial charge in [0.25, 0.3) is 5.91 Å². The van der Waals surface area contributed by atoms with Crippen molar-refractivity contribution in [2.75, 3.05) is 0 Å². The number of nitrogens with one attached hydrogen (secondary N) is 1. The summed E-state index contributed by atoms with van der Waals surface area (Å²) in [6, 6.07) is 32.8. The van der Waals surface area contributed by atoms with Gasteiger partial charge in [-0.05, 0) is 88.8 Å². The van der Waals surface area contributed by atoms with Crippen LogP contribution in [-0.4, -0.2) is 21.6 Å². The maximum absolute atomic E-state index is 14.2. The molecule has 6 rings (SSSR count). The molecule has 0 aliphatic heterocycles. The van der Waals surface area contributed by atoms with Gasteiger partial charge in [0.05, 0.1) is 22.7 Å². The lowest BCUT2D eigenvalue weighted by atomic mass is 9.99. The molecule has 0 bridgehead atoms.